The van der Waals surface area contributed by atoms with Crippen molar-refractivity contribution in [2.24, 2.45) is 11.0 Å². The van der Waals surface area contributed by atoms with Gasteiger partial charge in [0, 0.05) is 25.6 Å². The maximum absolute atomic E-state index is 13.0. The summed E-state index contributed by atoms with van der Waals surface area (Å²) in [5, 5.41) is 6.60. The number of hydrazone groups is 1. The molecule has 5 heteroatoms. The third-order valence-corrected chi connectivity index (χ3v) is 5.85. The first-order valence-electron chi connectivity index (χ1n) is 9.60. The van der Waals surface area contributed by atoms with Gasteiger partial charge in [-0.3, -0.25) is 9.80 Å². The number of ketones is 1. The third kappa shape index (κ3) is 2.94. The summed E-state index contributed by atoms with van der Waals surface area (Å²) in [4.78, 5) is 15.2. The normalized spacial score (nSPS) is 24.7. The van der Waals surface area contributed by atoms with Gasteiger partial charge in [-0.15, -0.1) is 0 Å². The highest BCUT2D eigenvalue weighted by Crippen LogP contribution is 2.36. The number of hydrogen-bond acceptors (Lipinski definition) is 5. The number of rotatable bonds is 4. The molecular weight excluding hydrogens is 326 g/mol. The Balaban J connectivity index is 1.60. The highest BCUT2D eigenvalue weighted by atomic mass is 16.5. The minimum atomic E-state index is 0.132. The predicted octanol–water partition coefficient (Wildman–Crippen LogP) is 3.90. The zero-order valence-corrected chi connectivity index (χ0v) is 15.9. The lowest BCUT2D eigenvalue weighted by Gasteiger charge is -2.29. The Labute approximate surface area is 155 Å². The number of nitrogens with zero attached hydrogens (tertiary/aromatic N) is 3. The van der Waals surface area contributed by atoms with Gasteiger partial charge in [-0.1, -0.05) is 6.92 Å². The lowest BCUT2D eigenvalue weighted by Crippen LogP contribution is -2.33. The first kappa shape index (κ1) is 17.3. The molecule has 0 atom stereocenters. The molecule has 4 rings (SSSR count). The van der Waals surface area contributed by atoms with Gasteiger partial charge in [0.1, 0.15) is 6.67 Å². The van der Waals surface area contributed by atoms with Crippen LogP contribution >= 0.6 is 0 Å². The summed E-state index contributed by atoms with van der Waals surface area (Å²) < 4.78 is 5.43. The summed E-state index contributed by atoms with van der Waals surface area (Å²) >= 11 is 0. The van der Waals surface area contributed by atoms with Gasteiger partial charge in [0.05, 0.1) is 11.8 Å². The highest BCUT2D eigenvalue weighted by Gasteiger charge is 2.31. The van der Waals surface area contributed by atoms with Crippen LogP contribution < -0.4 is 4.90 Å². The lowest BCUT2D eigenvalue weighted by molar-refractivity contribution is 0.0519. The van der Waals surface area contributed by atoms with Crippen LogP contribution in [-0.2, 0) is 4.74 Å². The zero-order valence-electron chi connectivity index (χ0n) is 15.9. The van der Waals surface area contributed by atoms with E-state index in [1.54, 1.807) is 7.11 Å². The van der Waals surface area contributed by atoms with E-state index < -0.39 is 0 Å². The molecule has 138 valence electrons. The number of methoxy groups -OCH3 is 1. The van der Waals surface area contributed by atoms with E-state index in [9.17, 15) is 4.79 Å². The van der Waals surface area contributed by atoms with Crippen LogP contribution in [0.4, 0.5) is 5.69 Å². The number of anilines is 1. The zero-order chi connectivity index (χ0) is 18.3. The summed E-state index contributed by atoms with van der Waals surface area (Å²) in [7, 11) is 3.76. The van der Waals surface area contributed by atoms with E-state index in [1.807, 2.05) is 18.1 Å². The lowest BCUT2D eigenvalue weighted by atomic mass is 9.82. The van der Waals surface area contributed by atoms with Crippen LogP contribution in [0.2, 0.25) is 0 Å². The first-order chi connectivity index (χ1) is 12.6. The molecule has 1 aliphatic carbocycles. The molecule has 0 radical (unpaired) electrons. The van der Waals surface area contributed by atoms with Gasteiger partial charge in [-0.05, 0) is 67.5 Å². The molecule has 0 amide bonds. The smallest absolute Gasteiger partial charge is 0.165 e. The molecule has 0 spiro atoms. The molecule has 1 saturated carbocycles. The number of ether oxygens (including phenoxy) is 1. The van der Waals surface area contributed by atoms with E-state index in [4.69, 9.17) is 4.74 Å². The largest absolute Gasteiger partial charge is 0.381 e. The number of fused-ring (bicyclic) bond motifs is 3. The number of hydrogen-bond donors (Lipinski definition) is 0. The maximum atomic E-state index is 13.0. The van der Waals surface area contributed by atoms with Gasteiger partial charge >= 0.3 is 0 Å². The molecule has 3 aliphatic rings. The average Bonchev–Trinajstić information content (AvgIpc) is 3.08. The van der Waals surface area contributed by atoms with E-state index in [0.29, 0.717) is 6.10 Å². The molecule has 1 aromatic carbocycles. The van der Waals surface area contributed by atoms with Crippen LogP contribution in [0, 0.1) is 5.92 Å². The molecular formula is C21H27N3O2. The predicted molar refractivity (Wildman–Crippen MR) is 104 cm³/mol. The highest BCUT2D eigenvalue weighted by molar-refractivity contribution is 6.17. The van der Waals surface area contributed by atoms with Crippen molar-refractivity contribution in [1.29, 1.82) is 0 Å². The van der Waals surface area contributed by atoms with Crippen molar-refractivity contribution in [2.45, 2.75) is 45.1 Å². The van der Waals surface area contributed by atoms with E-state index in [0.717, 1.165) is 61.4 Å². The van der Waals surface area contributed by atoms with Crippen molar-refractivity contribution < 1.29 is 9.53 Å². The van der Waals surface area contributed by atoms with Gasteiger partial charge < -0.3 is 9.64 Å². The Bertz CT molecular complexity index is 775. The Morgan fingerprint density at radius 1 is 1.27 bits per heavy atom. The Morgan fingerprint density at radius 2 is 2.04 bits per heavy atom. The fourth-order valence-electron chi connectivity index (χ4n) is 4.32. The summed E-state index contributed by atoms with van der Waals surface area (Å²) in [6.45, 7) is 2.91. The molecule has 0 unspecified atom stereocenters. The minimum absolute atomic E-state index is 0.132. The van der Waals surface area contributed by atoms with Crippen molar-refractivity contribution in [3.8, 4) is 0 Å². The van der Waals surface area contributed by atoms with Crippen LogP contribution in [0.1, 0.15) is 54.9 Å². The fourth-order valence-corrected chi connectivity index (χ4v) is 4.32. The monoisotopic (exact) mass is 353 g/mol. The molecule has 2 heterocycles. The van der Waals surface area contributed by atoms with E-state index in [1.165, 1.54) is 5.57 Å². The van der Waals surface area contributed by atoms with Crippen molar-refractivity contribution in [1.82, 2.24) is 5.01 Å². The van der Waals surface area contributed by atoms with Gasteiger partial charge in [0.2, 0.25) is 0 Å². The summed E-state index contributed by atoms with van der Waals surface area (Å²) in [5.41, 5.74) is 4.34. The number of amidine groups is 1. The van der Waals surface area contributed by atoms with Crippen LogP contribution in [0.15, 0.2) is 28.9 Å². The summed E-state index contributed by atoms with van der Waals surface area (Å²) in [6, 6.07) is 6.15. The fraction of sp³-hybridized carbons (Fsp3) is 0.524. The second-order valence-electron chi connectivity index (χ2n) is 7.52. The quantitative estimate of drug-likeness (QED) is 0.770. The van der Waals surface area contributed by atoms with Crippen LogP contribution in [0.5, 0.6) is 0 Å². The van der Waals surface area contributed by atoms with Gasteiger partial charge in [0.15, 0.2) is 11.6 Å². The van der Waals surface area contributed by atoms with Crippen LogP contribution in [0.3, 0.4) is 0 Å². The van der Waals surface area contributed by atoms with Crippen molar-refractivity contribution in [3.63, 3.8) is 0 Å². The van der Waals surface area contributed by atoms with Crippen LogP contribution in [-0.4, -0.2) is 43.6 Å². The number of carbonyl (C=O) groups excluding carboxylic acids is 1. The molecule has 0 saturated heterocycles. The van der Waals surface area contributed by atoms with Gasteiger partial charge in [-0.25, -0.2) is 0 Å². The van der Waals surface area contributed by atoms with Crippen molar-refractivity contribution in [3.05, 3.63) is 34.9 Å². The molecule has 0 bridgehead atoms. The second-order valence-corrected chi connectivity index (χ2v) is 7.52. The third-order valence-electron chi connectivity index (χ3n) is 5.85. The van der Waals surface area contributed by atoms with Crippen molar-refractivity contribution in [2.75, 3.05) is 25.7 Å². The maximum Gasteiger partial charge on any atom is 0.165 e. The second kappa shape index (κ2) is 6.88. The molecule has 2 aliphatic heterocycles. The first-order valence-corrected chi connectivity index (χ1v) is 9.60. The Kier molecular flexibility index (Phi) is 4.57. The molecule has 0 aromatic heterocycles. The van der Waals surface area contributed by atoms with Gasteiger partial charge in [0.25, 0.3) is 0 Å². The summed E-state index contributed by atoms with van der Waals surface area (Å²) in [5.74, 6) is 1.46. The standard InChI is InChI=1S/C21H27N3O2/c1-4-14-11-17-12-16(20(25)15-5-8-18(26-3)9-6-15)7-10-19(17)24-13-23(2)22-21(14)24/h7,10-12,15,18H,4-6,8-9,13H2,1-3H3. The number of Topliss-reactive ketones (excluding diaryl/α,β-unsaturated/α-hetero) is 1. The van der Waals surface area contributed by atoms with Crippen LogP contribution in [0.25, 0.3) is 6.08 Å². The summed E-state index contributed by atoms with van der Waals surface area (Å²) in [6.07, 6.45) is 7.28. The molecule has 26 heavy (non-hydrogen) atoms. The van der Waals surface area contributed by atoms with E-state index in [2.05, 4.69) is 35.1 Å². The Morgan fingerprint density at radius 3 is 2.73 bits per heavy atom. The van der Waals surface area contributed by atoms with E-state index in [-0.39, 0.29) is 11.7 Å². The number of benzene rings is 1. The molecule has 5 nitrogen and oxygen atoms in total. The van der Waals surface area contributed by atoms with Gasteiger partial charge in [-0.2, -0.15) is 5.10 Å². The SMILES string of the molecule is CCC1=Cc2cc(C(=O)C3CCC(OC)CC3)ccc2N2CN(C)N=C12. The minimum Gasteiger partial charge on any atom is -0.381 e. The average molecular weight is 353 g/mol. The molecule has 1 aromatic rings. The van der Waals surface area contributed by atoms with E-state index >= 15 is 0 Å². The molecule has 0 N–H and O–H groups in total. The Hall–Kier alpha value is -2.14. The topological polar surface area (TPSA) is 45.1 Å². The number of carbonyl (C=O) groups is 1. The van der Waals surface area contributed by atoms with Crippen molar-refractivity contribution >= 4 is 23.4 Å². The molecule has 1 fully saturated rings.